The van der Waals surface area contributed by atoms with Crippen molar-refractivity contribution in [2.24, 2.45) is 0 Å². The number of nitrogens with one attached hydrogen (secondary N) is 1. The summed E-state index contributed by atoms with van der Waals surface area (Å²) < 4.78 is 25.8. The Morgan fingerprint density at radius 2 is 2.21 bits per heavy atom. The number of nitrogens with zero attached hydrogens (tertiary/aromatic N) is 1. The molecule has 0 saturated carbocycles. The first kappa shape index (κ1) is 15.6. The summed E-state index contributed by atoms with van der Waals surface area (Å²) in [6.45, 7) is 1.80. The van der Waals surface area contributed by atoms with Crippen molar-refractivity contribution >= 4 is 16.0 Å². The maximum Gasteiger partial charge on any atom is 0.321 e. The van der Waals surface area contributed by atoms with Gasteiger partial charge in [-0.3, -0.25) is 9.78 Å². The molecule has 0 spiro atoms. The number of rotatable bonds is 8. The van der Waals surface area contributed by atoms with Crippen LogP contribution >= 0.6 is 0 Å². The van der Waals surface area contributed by atoms with Gasteiger partial charge in [-0.05, 0) is 18.6 Å². The summed E-state index contributed by atoms with van der Waals surface area (Å²) >= 11 is 0. The lowest BCUT2D eigenvalue weighted by Gasteiger charge is -2.13. The minimum Gasteiger partial charge on any atom is -0.480 e. The van der Waals surface area contributed by atoms with Gasteiger partial charge >= 0.3 is 5.97 Å². The van der Waals surface area contributed by atoms with Gasteiger partial charge in [0.1, 0.15) is 6.04 Å². The fourth-order valence-corrected chi connectivity index (χ4v) is 2.83. The molecule has 1 rings (SSSR count). The number of hydrogen-bond donors (Lipinski definition) is 2. The number of carboxylic acids is 1. The van der Waals surface area contributed by atoms with E-state index in [9.17, 15) is 13.2 Å². The van der Waals surface area contributed by atoms with Gasteiger partial charge in [0.05, 0.1) is 5.75 Å². The Morgan fingerprint density at radius 1 is 1.47 bits per heavy atom. The molecule has 0 saturated heterocycles. The standard InChI is InChI=1S/C12H18N2O4S/c1-2-5-11(12(15)16)14-19(17,18)9-7-10-6-3-4-8-13-10/h3-4,6,8,11,14H,2,5,7,9H2,1H3,(H,15,16). The number of aryl methyl sites for hydroxylation is 1. The SMILES string of the molecule is CCCC(NS(=O)(=O)CCc1ccccn1)C(=O)O. The molecule has 6 nitrogen and oxygen atoms in total. The quantitative estimate of drug-likeness (QED) is 0.736. The molecule has 7 heteroatoms. The van der Waals surface area contributed by atoms with Crippen LogP contribution < -0.4 is 4.72 Å². The second-order valence-electron chi connectivity index (χ2n) is 4.19. The van der Waals surface area contributed by atoms with Crippen molar-refractivity contribution in [2.75, 3.05) is 5.75 Å². The van der Waals surface area contributed by atoms with Crippen LogP contribution in [0.5, 0.6) is 0 Å². The number of pyridine rings is 1. The van der Waals surface area contributed by atoms with E-state index in [0.29, 0.717) is 12.1 Å². The van der Waals surface area contributed by atoms with Crippen molar-refractivity contribution in [1.29, 1.82) is 0 Å². The van der Waals surface area contributed by atoms with E-state index in [2.05, 4.69) is 9.71 Å². The van der Waals surface area contributed by atoms with E-state index in [1.165, 1.54) is 0 Å². The van der Waals surface area contributed by atoms with Crippen LogP contribution in [0, 0.1) is 0 Å². The van der Waals surface area contributed by atoms with Crippen molar-refractivity contribution in [3.63, 3.8) is 0 Å². The van der Waals surface area contributed by atoms with Gasteiger partial charge in [0.2, 0.25) is 10.0 Å². The topological polar surface area (TPSA) is 96.4 Å². The van der Waals surface area contributed by atoms with Gasteiger partial charge < -0.3 is 5.11 Å². The van der Waals surface area contributed by atoms with Gasteiger partial charge in [-0.15, -0.1) is 0 Å². The van der Waals surface area contributed by atoms with Gasteiger partial charge in [-0.25, -0.2) is 13.1 Å². The molecule has 2 N–H and O–H groups in total. The number of hydrogen-bond acceptors (Lipinski definition) is 4. The summed E-state index contributed by atoms with van der Waals surface area (Å²) in [4.78, 5) is 14.9. The molecule has 0 bridgehead atoms. The highest BCUT2D eigenvalue weighted by atomic mass is 32.2. The molecular formula is C12H18N2O4S. The van der Waals surface area contributed by atoms with Crippen molar-refractivity contribution in [3.8, 4) is 0 Å². The lowest BCUT2D eigenvalue weighted by molar-refractivity contribution is -0.139. The van der Waals surface area contributed by atoms with Crippen LogP contribution in [-0.2, 0) is 21.2 Å². The first-order valence-electron chi connectivity index (χ1n) is 6.07. The molecule has 0 fully saturated rings. The Labute approximate surface area is 112 Å². The third-order valence-electron chi connectivity index (χ3n) is 2.55. The van der Waals surface area contributed by atoms with Gasteiger partial charge in [0, 0.05) is 18.3 Å². The highest BCUT2D eigenvalue weighted by Gasteiger charge is 2.22. The van der Waals surface area contributed by atoms with Crippen LogP contribution in [0.4, 0.5) is 0 Å². The Hall–Kier alpha value is -1.47. The summed E-state index contributed by atoms with van der Waals surface area (Å²) in [5.41, 5.74) is 0.662. The molecule has 0 aliphatic carbocycles. The summed E-state index contributed by atoms with van der Waals surface area (Å²) in [5, 5.41) is 8.91. The van der Waals surface area contributed by atoms with Crippen LogP contribution in [0.3, 0.4) is 0 Å². The zero-order chi connectivity index (χ0) is 14.3. The molecule has 1 aromatic heterocycles. The predicted molar refractivity (Wildman–Crippen MR) is 71.2 cm³/mol. The Balaban J connectivity index is 2.58. The lowest BCUT2D eigenvalue weighted by atomic mass is 10.2. The number of carbonyl (C=O) groups is 1. The van der Waals surface area contributed by atoms with Gasteiger partial charge in [0.25, 0.3) is 0 Å². The van der Waals surface area contributed by atoms with Gasteiger partial charge in [-0.2, -0.15) is 0 Å². The second kappa shape index (κ2) is 7.20. The minimum absolute atomic E-state index is 0.169. The molecule has 106 valence electrons. The number of sulfonamides is 1. The first-order chi connectivity index (χ1) is 8.94. The monoisotopic (exact) mass is 286 g/mol. The van der Waals surface area contributed by atoms with Crippen LogP contribution in [0.2, 0.25) is 0 Å². The second-order valence-corrected chi connectivity index (χ2v) is 6.06. The van der Waals surface area contributed by atoms with Gasteiger partial charge in [-0.1, -0.05) is 19.4 Å². The molecule has 1 heterocycles. The summed E-state index contributed by atoms with van der Waals surface area (Å²) in [5.74, 6) is -1.32. The fraction of sp³-hybridized carbons (Fsp3) is 0.500. The smallest absolute Gasteiger partial charge is 0.321 e. The van der Waals surface area contributed by atoms with E-state index in [-0.39, 0.29) is 18.6 Å². The van der Waals surface area contributed by atoms with Crippen molar-refractivity contribution in [1.82, 2.24) is 9.71 Å². The van der Waals surface area contributed by atoms with Crippen LogP contribution in [-0.4, -0.2) is 36.3 Å². The van der Waals surface area contributed by atoms with Crippen LogP contribution in [0.15, 0.2) is 24.4 Å². The minimum atomic E-state index is -3.62. The van der Waals surface area contributed by atoms with Crippen molar-refractivity contribution in [3.05, 3.63) is 30.1 Å². The zero-order valence-corrected chi connectivity index (χ0v) is 11.6. The van der Waals surface area contributed by atoms with E-state index in [1.54, 1.807) is 31.3 Å². The molecule has 0 amide bonds. The fourth-order valence-electron chi connectivity index (χ4n) is 1.58. The average Bonchev–Trinajstić information content (AvgIpc) is 2.37. The largest absolute Gasteiger partial charge is 0.480 e. The molecular weight excluding hydrogens is 268 g/mol. The Kier molecular flexibility index (Phi) is 5.91. The summed E-state index contributed by atoms with van der Waals surface area (Å²) in [6, 6.07) is 4.20. The van der Waals surface area contributed by atoms with Crippen molar-refractivity contribution < 1.29 is 18.3 Å². The third-order valence-corrected chi connectivity index (χ3v) is 3.94. The lowest BCUT2D eigenvalue weighted by Crippen LogP contribution is -2.42. The molecule has 1 unspecified atom stereocenters. The van der Waals surface area contributed by atoms with Gasteiger partial charge in [0.15, 0.2) is 0 Å². The Bertz CT molecular complexity index is 502. The molecule has 19 heavy (non-hydrogen) atoms. The molecule has 0 aliphatic rings. The van der Waals surface area contributed by atoms with E-state index in [1.807, 2.05) is 0 Å². The Morgan fingerprint density at radius 3 is 2.74 bits per heavy atom. The maximum absolute atomic E-state index is 11.8. The predicted octanol–water partition coefficient (Wildman–Crippen LogP) is 0.797. The molecule has 0 radical (unpaired) electrons. The molecule has 1 aromatic rings. The van der Waals surface area contributed by atoms with E-state index < -0.39 is 22.0 Å². The summed E-state index contributed by atoms with van der Waals surface area (Å²) in [6.07, 6.45) is 2.72. The average molecular weight is 286 g/mol. The van der Waals surface area contributed by atoms with E-state index in [0.717, 1.165) is 0 Å². The first-order valence-corrected chi connectivity index (χ1v) is 7.72. The number of carboxylic acid groups (broad SMARTS) is 1. The molecule has 0 aromatic carbocycles. The van der Waals surface area contributed by atoms with Crippen molar-refractivity contribution in [2.45, 2.75) is 32.2 Å². The normalized spacial score (nSPS) is 13.1. The van der Waals surface area contributed by atoms with Crippen LogP contribution in [0.1, 0.15) is 25.5 Å². The molecule has 1 atom stereocenters. The maximum atomic E-state index is 11.8. The number of aromatic nitrogens is 1. The summed E-state index contributed by atoms with van der Waals surface area (Å²) in [7, 11) is -3.62. The zero-order valence-electron chi connectivity index (χ0n) is 10.7. The number of aliphatic carboxylic acids is 1. The third kappa shape index (κ3) is 5.80. The van der Waals surface area contributed by atoms with E-state index in [4.69, 9.17) is 5.11 Å². The molecule has 0 aliphatic heterocycles. The van der Waals surface area contributed by atoms with Crippen LogP contribution in [0.25, 0.3) is 0 Å². The highest BCUT2D eigenvalue weighted by Crippen LogP contribution is 2.02. The van der Waals surface area contributed by atoms with E-state index >= 15 is 0 Å². The highest BCUT2D eigenvalue weighted by molar-refractivity contribution is 7.89.